The second-order valence-corrected chi connectivity index (χ2v) is 8.59. The third-order valence-electron chi connectivity index (χ3n) is 4.21. The number of nitrogens with one attached hydrogen (secondary N) is 1. The highest BCUT2D eigenvalue weighted by Crippen LogP contribution is 2.18. The Morgan fingerprint density at radius 1 is 1.14 bits per heavy atom. The summed E-state index contributed by atoms with van der Waals surface area (Å²) >= 11 is 0. The minimum absolute atomic E-state index is 0.170. The molecule has 0 fully saturated rings. The highest BCUT2D eigenvalue weighted by molar-refractivity contribution is 7.90. The lowest BCUT2D eigenvalue weighted by Crippen LogP contribution is -2.26. The number of ether oxygens (including phenoxy) is 1. The number of hydrogen-bond acceptors (Lipinski definition) is 7. The van der Waals surface area contributed by atoms with Crippen molar-refractivity contribution in [2.75, 3.05) is 6.26 Å². The average molecular weight is 415 g/mol. The molecule has 0 spiro atoms. The standard InChI is InChI=1S/C20H21N3O5S/c1-13(15-6-10-18(11-7-15)29(3,25)26)21-20(24)16-4-8-17(9-5-16)27-12-19-22-14(2)28-23-19/h4-11,13H,12H2,1-3H3,(H,21,24)/t13-/m0/s1. The summed E-state index contributed by atoms with van der Waals surface area (Å²) in [5, 5.41) is 6.64. The van der Waals surface area contributed by atoms with Gasteiger partial charge in [-0.3, -0.25) is 4.79 Å². The quantitative estimate of drug-likeness (QED) is 0.631. The van der Waals surface area contributed by atoms with E-state index in [-0.39, 0.29) is 23.5 Å². The van der Waals surface area contributed by atoms with Gasteiger partial charge in [-0.1, -0.05) is 17.3 Å². The SMILES string of the molecule is Cc1nc(COc2ccc(C(=O)N[C@@H](C)c3ccc(S(C)(=O)=O)cc3)cc2)no1. The van der Waals surface area contributed by atoms with Crippen molar-refractivity contribution in [1.29, 1.82) is 0 Å². The van der Waals surface area contributed by atoms with Crippen LogP contribution in [0.15, 0.2) is 57.9 Å². The molecule has 0 aliphatic rings. The largest absolute Gasteiger partial charge is 0.485 e. The van der Waals surface area contributed by atoms with Crippen LogP contribution >= 0.6 is 0 Å². The van der Waals surface area contributed by atoms with Crippen LogP contribution in [0.5, 0.6) is 5.75 Å². The van der Waals surface area contributed by atoms with Crippen LogP contribution in [-0.2, 0) is 16.4 Å². The zero-order valence-corrected chi connectivity index (χ0v) is 17.1. The molecule has 1 heterocycles. The fourth-order valence-electron chi connectivity index (χ4n) is 2.62. The number of nitrogens with zero attached hydrogens (tertiary/aromatic N) is 2. The van der Waals surface area contributed by atoms with Crippen LogP contribution in [0.3, 0.4) is 0 Å². The number of aryl methyl sites for hydroxylation is 1. The average Bonchev–Trinajstić information content (AvgIpc) is 3.11. The number of benzene rings is 2. The molecule has 29 heavy (non-hydrogen) atoms. The van der Waals surface area contributed by atoms with Gasteiger partial charge < -0.3 is 14.6 Å². The maximum atomic E-state index is 12.5. The summed E-state index contributed by atoms with van der Waals surface area (Å²) in [7, 11) is -3.25. The van der Waals surface area contributed by atoms with Gasteiger partial charge in [0, 0.05) is 18.7 Å². The van der Waals surface area contributed by atoms with Gasteiger partial charge in [-0.2, -0.15) is 4.98 Å². The molecule has 0 saturated carbocycles. The Bertz CT molecular complexity index is 1090. The first-order valence-electron chi connectivity index (χ1n) is 8.85. The summed E-state index contributed by atoms with van der Waals surface area (Å²) in [6.45, 7) is 3.70. The molecule has 0 bridgehead atoms. The third-order valence-corrected chi connectivity index (χ3v) is 5.34. The van der Waals surface area contributed by atoms with Crippen molar-refractivity contribution in [3.63, 3.8) is 0 Å². The predicted molar refractivity (Wildman–Crippen MR) is 105 cm³/mol. The van der Waals surface area contributed by atoms with Crippen LogP contribution in [0.2, 0.25) is 0 Å². The lowest BCUT2D eigenvalue weighted by Gasteiger charge is -2.15. The minimum atomic E-state index is -3.25. The second-order valence-electron chi connectivity index (χ2n) is 6.58. The highest BCUT2D eigenvalue weighted by atomic mass is 32.2. The van der Waals surface area contributed by atoms with Gasteiger partial charge in [-0.25, -0.2) is 8.42 Å². The van der Waals surface area contributed by atoms with E-state index in [1.54, 1.807) is 43.3 Å². The Balaban J connectivity index is 1.58. The number of aromatic nitrogens is 2. The maximum absolute atomic E-state index is 12.5. The van der Waals surface area contributed by atoms with Crippen molar-refractivity contribution in [2.45, 2.75) is 31.4 Å². The zero-order valence-electron chi connectivity index (χ0n) is 16.2. The first-order chi connectivity index (χ1) is 13.7. The fraction of sp³-hybridized carbons (Fsp3) is 0.250. The van der Waals surface area contributed by atoms with E-state index in [1.165, 1.54) is 12.1 Å². The van der Waals surface area contributed by atoms with E-state index in [1.807, 2.05) is 6.92 Å². The van der Waals surface area contributed by atoms with Crippen molar-refractivity contribution in [2.24, 2.45) is 0 Å². The smallest absolute Gasteiger partial charge is 0.251 e. The molecule has 1 aromatic heterocycles. The van der Waals surface area contributed by atoms with E-state index < -0.39 is 9.84 Å². The van der Waals surface area contributed by atoms with Crippen LogP contribution in [0.25, 0.3) is 0 Å². The number of carbonyl (C=O) groups is 1. The summed E-state index contributed by atoms with van der Waals surface area (Å²) < 4.78 is 33.5. The molecule has 8 nitrogen and oxygen atoms in total. The summed E-state index contributed by atoms with van der Waals surface area (Å²) in [4.78, 5) is 16.8. The summed E-state index contributed by atoms with van der Waals surface area (Å²) in [6, 6.07) is 12.9. The molecule has 1 atom stereocenters. The van der Waals surface area contributed by atoms with Crippen molar-refractivity contribution < 1.29 is 22.5 Å². The van der Waals surface area contributed by atoms with Gasteiger partial charge in [0.05, 0.1) is 10.9 Å². The molecule has 0 unspecified atom stereocenters. The Hall–Kier alpha value is -3.20. The predicted octanol–water partition coefficient (Wildman–Crippen LogP) is 2.85. The first-order valence-corrected chi connectivity index (χ1v) is 10.7. The van der Waals surface area contributed by atoms with E-state index in [0.29, 0.717) is 23.0 Å². The molecule has 2 aromatic carbocycles. The van der Waals surface area contributed by atoms with Gasteiger partial charge in [0.1, 0.15) is 5.75 Å². The summed E-state index contributed by atoms with van der Waals surface area (Å²) in [5.41, 5.74) is 1.29. The lowest BCUT2D eigenvalue weighted by molar-refractivity contribution is 0.0940. The second kappa shape index (κ2) is 8.44. The van der Waals surface area contributed by atoms with Crippen molar-refractivity contribution in [3.8, 4) is 5.75 Å². The Morgan fingerprint density at radius 3 is 2.34 bits per heavy atom. The van der Waals surface area contributed by atoms with E-state index in [0.717, 1.165) is 11.8 Å². The van der Waals surface area contributed by atoms with Crippen LogP contribution in [0, 0.1) is 6.92 Å². The number of rotatable bonds is 7. The van der Waals surface area contributed by atoms with E-state index >= 15 is 0 Å². The molecular weight excluding hydrogens is 394 g/mol. The normalized spacial score (nSPS) is 12.4. The van der Waals surface area contributed by atoms with Crippen molar-refractivity contribution >= 4 is 15.7 Å². The van der Waals surface area contributed by atoms with Crippen LogP contribution in [0.4, 0.5) is 0 Å². The summed E-state index contributed by atoms with van der Waals surface area (Å²) in [6.07, 6.45) is 1.16. The molecule has 1 amide bonds. The van der Waals surface area contributed by atoms with Gasteiger partial charge in [-0.05, 0) is 48.9 Å². The van der Waals surface area contributed by atoms with Crippen LogP contribution < -0.4 is 10.1 Å². The van der Waals surface area contributed by atoms with Crippen molar-refractivity contribution in [1.82, 2.24) is 15.5 Å². The summed E-state index contributed by atoms with van der Waals surface area (Å²) in [5.74, 6) is 1.24. The third kappa shape index (κ3) is 5.41. The molecule has 0 aliphatic carbocycles. The number of amides is 1. The van der Waals surface area contributed by atoms with Crippen LogP contribution in [0.1, 0.15) is 40.6 Å². The highest BCUT2D eigenvalue weighted by Gasteiger charge is 2.13. The van der Waals surface area contributed by atoms with Crippen LogP contribution in [-0.4, -0.2) is 30.7 Å². The maximum Gasteiger partial charge on any atom is 0.251 e. The Labute approximate surface area is 168 Å². The monoisotopic (exact) mass is 415 g/mol. The molecule has 3 aromatic rings. The first kappa shape index (κ1) is 20.5. The molecule has 152 valence electrons. The Morgan fingerprint density at radius 2 is 1.79 bits per heavy atom. The van der Waals surface area contributed by atoms with Gasteiger partial charge >= 0.3 is 0 Å². The molecule has 3 rings (SSSR count). The van der Waals surface area contributed by atoms with Gasteiger partial charge in [-0.15, -0.1) is 0 Å². The lowest BCUT2D eigenvalue weighted by atomic mass is 10.1. The Kier molecular flexibility index (Phi) is 5.97. The zero-order chi connectivity index (χ0) is 21.0. The molecule has 1 N–H and O–H groups in total. The van der Waals surface area contributed by atoms with Gasteiger partial charge in [0.15, 0.2) is 16.4 Å². The van der Waals surface area contributed by atoms with E-state index in [4.69, 9.17) is 9.26 Å². The van der Waals surface area contributed by atoms with Crippen molar-refractivity contribution in [3.05, 3.63) is 71.4 Å². The van der Waals surface area contributed by atoms with E-state index in [2.05, 4.69) is 15.5 Å². The number of sulfone groups is 1. The molecule has 0 aliphatic heterocycles. The van der Waals surface area contributed by atoms with Gasteiger partial charge in [0.25, 0.3) is 5.91 Å². The topological polar surface area (TPSA) is 111 Å². The molecule has 0 radical (unpaired) electrons. The number of carbonyl (C=O) groups excluding carboxylic acids is 1. The van der Waals surface area contributed by atoms with E-state index in [9.17, 15) is 13.2 Å². The molecule has 0 saturated heterocycles. The van der Waals surface area contributed by atoms with Gasteiger partial charge in [0.2, 0.25) is 11.7 Å². The fourth-order valence-corrected chi connectivity index (χ4v) is 3.25. The number of hydrogen-bond donors (Lipinski definition) is 1. The minimum Gasteiger partial charge on any atom is -0.485 e. The molecule has 9 heteroatoms. The molecular formula is C20H21N3O5S.